The molecule has 0 aromatic heterocycles. The molecule has 1 saturated heterocycles. The Hall–Kier alpha value is -1.44. The molecular formula is C18H25NO5S. The van der Waals surface area contributed by atoms with Gasteiger partial charge in [0.1, 0.15) is 6.10 Å². The Morgan fingerprint density at radius 1 is 1.08 bits per heavy atom. The van der Waals surface area contributed by atoms with Crippen LogP contribution in [0.1, 0.15) is 49.9 Å². The Morgan fingerprint density at radius 2 is 1.64 bits per heavy atom. The molecule has 0 bridgehead atoms. The van der Waals surface area contributed by atoms with Crippen LogP contribution >= 0.6 is 0 Å². The van der Waals surface area contributed by atoms with Crippen molar-refractivity contribution in [1.82, 2.24) is 4.31 Å². The molecule has 1 aliphatic heterocycles. The van der Waals surface area contributed by atoms with E-state index in [-0.39, 0.29) is 29.2 Å². The molecule has 7 heteroatoms. The highest BCUT2D eigenvalue weighted by atomic mass is 32.2. The normalized spacial score (nSPS) is 25.8. The summed E-state index contributed by atoms with van der Waals surface area (Å²) in [5.41, 5.74) is 0.384. The highest BCUT2D eigenvalue weighted by Gasteiger charge is 2.32. The first kappa shape index (κ1) is 18.4. The maximum absolute atomic E-state index is 12.8. The number of benzene rings is 1. The Morgan fingerprint density at radius 3 is 2.20 bits per heavy atom. The number of hydrogen-bond acceptors (Lipinski definition) is 5. The zero-order valence-corrected chi connectivity index (χ0v) is 15.5. The van der Waals surface area contributed by atoms with Crippen LogP contribution in [0.4, 0.5) is 0 Å². The van der Waals surface area contributed by atoms with E-state index in [9.17, 15) is 13.2 Å². The van der Waals surface area contributed by atoms with Gasteiger partial charge in [0.25, 0.3) is 0 Å². The number of ether oxygens (including phenoxy) is 2. The number of esters is 1. The minimum absolute atomic E-state index is 0.00719. The Labute approximate surface area is 149 Å². The van der Waals surface area contributed by atoms with Gasteiger partial charge in [-0.15, -0.1) is 0 Å². The third-order valence-corrected chi connectivity index (χ3v) is 6.54. The highest BCUT2D eigenvalue weighted by molar-refractivity contribution is 7.89. The van der Waals surface area contributed by atoms with Gasteiger partial charge >= 0.3 is 5.97 Å². The summed E-state index contributed by atoms with van der Waals surface area (Å²) >= 11 is 0. The van der Waals surface area contributed by atoms with Gasteiger partial charge in [0.2, 0.25) is 10.0 Å². The molecule has 2 atom stereocenters. The molecule has 1 saturated carbocycles. The molecule has 3 rings (SSSR count). The van der Waals surface area contributed by atoms with E-state index in [1.165, 1.54) is 28.6 Å². The van der Waals surface area contributed by atoms with E-state index in [4.69, 9.17) is 9.47 Å². The van der Waals surface area contributed by atoms with Crippen molar-refractivity contribution in [3.8, 4) is 0 Å². The molecule has 0 radical (unpaired) electrons. The smallest absolute Gasteiger partial charge is 0.338 e. The molecule has 0 amide bonds. The third-order valence-electron chi connectivity index (χ3n) is 4.69. The molecule has 0 N–H and O–H groups in total. The van der Waals surface area contributed by atoms with Crippen LogP contribution in [0.3, 0.4) is 0 Å². The Bertz CT molecular complexity index is 699. The second-order valence-electron chi connectivity index (χ2n) is 6.92. The van der Waals surface area contributed by atoms with Crippen LogP contribution in [-0.2, 0) is 19.5 Å². The van der Waals surface area contributed by atoms with Gasteiger partial charge in [0.15, 0.2) is 0 Å². The van der Waals surface area contributed by atoms with E-state index in [2.05, 4.69) is 0 Å². The molecule has 1 aliphatic carbocycles. The molecule has 2 aliphatic rings. The van der Waals surface area contributed by atoms with E-state index in [0.29, 0.717) is 18.7 Å². The van der Waals surface area contributed by atoms with Gasteiger partial charge in [-0.1, -0.05) is 0 Å². The van der Waals surface area contributed by atoms with Crippen molar-refractivity contribution in [3.63, 3.8) is 0 Å². The number of carbonyl (C=O) groups is 1. The van der Waals surface area contributed by atoms with Crippen molar-refractivity contribution in [3.05, 3.63) is 29.8 Å². The van der Waals surface area contributed by atoms with Gasteiger partial charge in [0, 0.05) is 13.1 Å². The first-order valence-corrected chi connectivity index (χ1v) is 10.3. The number of carbonyl (C=O) groups excluding carboxylic acids is 1. The molecule has 0 unspecified atom stereocenters. The van der Waals surface area contributed by atoms with E-state index in [1.54, 1.807) is 0 Å². The van der Waals surface area contributed by atoms with E-state index >= 15 is 0 Å². The average Bonchev–Trinajstić information content (AvgIpc) is 3.07. The van der Waals surface area contributed by atoms with Gasteiger partial charge in [-0.05, 0) is 63.8 Å². The second kappa shape index (κ2) is 7.43. The summed E-state index contributed by atoms with van der Waals surface area (Å²) in [4.78, 5) is 12.3. The van der Waals surface area contributed by atoms with Crippen LogP contribution in [0.5, 0.6) is 0 Å². The lowest BCUT2D eigenvalue weighted by Crippen LogP contribution is -2.48. The van der Waals surface area contributed by atoms with Crippen molar-refractivity contribution in [1.29, 1.82) is 0 Å². The van der Waals surface area contributed by atoms with Crippen molar-refractivity contribution in [2.45, 2.75) is 62.7 Å². The Balaban J connectivity index is 1.71. The van der Waals surface area contributed by atoms with Crippen LogP contribution in [0.15, 0.2) is 29.2 Å². The minimum atomic E-state index is -3.59. The predicted octanol–water partition coefficient (Wildman–Crippen LogP) is 2.58. The lowest BCUT2D eigenvalue weighted by atomic mass is 10.2. The zero-order chi connectivity index (χ0) is 18.0. The van der Waals surface area contributed by atoms with Crippen molar-refractivity contribution in [2.75, 3.05) is 13.1 Å². The fourth-order valence-corrected chi connectivity index (χ4v) is 5.06. The summed E-state index contributed by atoms with van der Waals surface area (Å²) in [6.07, 6.45) is 3.71. The summed E-state index contributed by atoms with van der Waals surface area (Å²) < 4.78 is 38.1. The van der Waals surface area contributed by atoms with Crippen LogP contribution in [0.25, 0.3) is 0 Å². The molecule has 1 aromatic carbocycles. The van der Waals surface area contributed by atoms with Gasteiger partial charge in [-0.2, -0.15) is 4.31 Å². The quantitative estimate of drug-likeness (QED) is 0.765. The zero-order valence-electron chi connectivity index (χ0n) is 14.7. The molecule has 1 aromatic rings. The SMILES string of the molecule is C[C@@H]1CN(S(=O)(=O)c2ccc(C(=O)OC3CCCC3)cc2)C[C@H](C)O1. The largest absolute Gasteiger partial charge is 0.459 e. The number of sulfonamides is 1. The first-order valence-electron chi connectivity index (χ1n) is 8.83. The summed E-state index contributed by atoms with van der Waals surface area (Å²) in [7, 11) is -3.59. The summed E-state index contributed by atoms with van der Waals surface area (Å²) in [5, 5.41) is 0. The van der Waals surface area contributed by atoms with Gasteiger partial charge in [0.05, 0.1) is 22.7 Å². The second-order valence-corrected chi connectivity index (χ2v) is 8.85. The van der Waals surface area contributed by atoms with Gasteiger partial charge in [-0.3, -0.25) is 0 Å². The summed E-state index contributed by atoms with van der Waals surface area (Å²) in [6.45, 7) is 4.39. The lowest BCUT2D eigenvalue weighted by Gasteiger charge is -2.34. The fourth-order valence-electron chi connectivity index (χ4n) is 3.46. The standard InChI is InChI=1S/C18H25NO5S/c1-13-11-19(12-14(2)23-13)25(21,22)17-9-7-15(8-10-17)18(20)24-16-5-3-4-6-16/h7-10,13-14,16H,3-6,11-12H2,1-2H3/t13-,14+. The molecule has 138 valence electrons. The number of hydrogen-bond donors (Lipinski definition) is 0. The summed E-state index contributed by atoms with van der Waals surface area (Å²) in [5.74, 6) is -0.385. The van der Waals surface area contributed by atoms with Crippen LogP contribution in [0, 0.1) is 0 Å². The third kappa shape index (κ3) is 4.22. The van der Waals surface area contributed by atoms with E-state index in [0.717, 1.165) is 25.7 Å². The number of nitrogens with zero attached hydrogens (tertiary/aromatic N) is 1. The Kier molecular flexibility index (Phi) is 5.46. The van der Waals surface area contributed by atoms with Gasteiger partial charge in [-0.25, -0.2) is 13.2 Å². The van der Waals surface area contributed by atoms with Crippen LogP contribution in [0.2, 0.25) is 0 Å². The lowest BCUT2D eigenvalue weighted by molar-refractivity contribution is -0.0440. The predicted molar refractivity (Wildman–Crippen MR) is 92.9 cm³/mol. The topological polar surface area (TPSA) is 72.9 Å². The van der Waals surface area contributed by atoms with Crippen LogP contribution < -0.4 is 0 Å². The number of morpholine rings is 1. The average molecular weight is 367 g/mol. The van der Waals surface area contributed by atoms with Crippen LogP contribution in [-0.4, -0.2) is 50.1 Å². The monoisotopic (exact) mass is 367 g/mol. The molecule has 6 nitrogen and oxygen atoms in total. The highest BCUT2D eigenvalue weighted by Crippen LogP contribution is 2.24. The van der Waals surface area contributed by atoms with E-state index < -0.39 is 10.0 Å². The molecular weight excluding hydrogens is 342 g/mol. The first-order chi connectivity index (χ1) is 11.9. The van der Waals surface area contributed by atoms with Crippen molar-refractivity contribution < 1.29 is 22.7 Å². The molecule has 1 heterocycles. The molecule has 0 spiro atoms. The van der Waals surface area contributed by atoms with Crippen molar-refractivity contribution >= 4 is 16.0 Å². The minimum Gasteiger partial charge on any atom is -0.459 e. The number of rotatable bonds is 4. The van der Waals surface area contributed by atoms with Crippen molar-refractivity contribution in [2.24, 2.45) is 0 Å². The van der Waals surface area contributed by atoms with E-state index in [1.807, 2.05) is 13.8 Å². The summed E-state index contributed by atoms with van der Waals surface area (Å²) in [6, 6.07) is 6.01. The van der Waals surface area contributed by atoms with Gasteiger partial charge < -0.3 is 9.47 Å². The molecule has 25 heavy (non-hydrogen) atoms. The fraction of sp³-hybridized carbons (Fsp3) is 0.611. The maximum atomic E-state index is 12.8. The molecule has 2 fully saturated rings. The maximum Gasteiger partial charge on any atom is 0.338 e.